The van der Waals surface area contributed by atoms with Crippen molar-refractivity contribution < 1.29 is 13.3 Å². The predicted molar refractivity (Wildman–Crippen MR) is 90.5 cm³/mol. The maximum atomic E-state index is 12.5. The average molecular weight is 370 g/mol. The van der Waals surface area contributed by atoms with Gasteiger partial charge in [0.2, 0.25) is 10.0 Å². The summed E-state index contributed by atoms with van der Waals surface area (Å²) < 4.78 is 28.1. The molecule has 1 aromatic carbocycles. The second kappa shape index (κ2) is 7.32. The van der Waals surface area contributed by atoms with Crippen LogP contribution in [0.25, 0.3) is 0 Å². The highest BCUT2D eigenvalue weighted by molar-refractivity contribution is 7.99. The van der Waals surface area contributed by atoms with Crippen molar-refractivity contribution in [3.63, 3.8) is 0 Å². The van der Waals surface area contributed by atoms with Gasteiger partial charge in [0, 0.05) is 38.6 Å². The molecule has 2 rings (SSSR count). The third-order valence-electron chi connectivity index (χ3n) is 3.45. The molecule has 0 radical (unpaired) electrons. The van der Waals surface area contributed by atoms with E-state index in [0.717, 1.165) is 17.8 Å². The molecule has 0 N–H and O–H groups in total. The largest absolute Gasteiger partial charge is 0.329 e. The number of benzene rings is 1. The van der Waals surface area contributed by atoms with Gasteiger partial charge in [-0.1, -0.05) is 13.8 Å². The molecule has 1 aromatic heterocycles. The van der Waals surface area contributed by atoms with E-state index in [0.29, 0.717) is 23.1 Å². The minimum absolute atomic E-state index is 0.0814. The van der Waals surface area contributed by atoms with Gasteiger partial charge in [0.25, 0.3) is 5.69 Å². The molecular formula is C14H18N4O4S2. The summed E-state index contributed by atoms with van der Waals surface area (Å²) in [6.45, 7) is 4.05. The Kier molecular flexibility index (Phi) is 5.62. The van der Waals surface area contributed by atoms with Crippen LogP contribution in [-0.2, 0) is 17.1 Å². The molecule has 0 unspecified atom stereocenters. The lowest BCUT2D eigenvalue weighted by molar-refractivity contribution is -0.388. The zero-order chi connectivity index (χ0) is 17.9. The van der Waals surface area contributed by atoms with Crippen molar-refractivity contribution in [1.29, 1.82) is 0 Å². The molecule has 130 valence electrons. The summed E-state index contributed by atoms with van der Waals surface area (Å²) in [5.74, 6) is 0. The van der Waals surface area contributed by atoms with Crippen LogP contribution in [-0.4, -0.2) is 40.3 Å². The van der Waals surface area contributed by atoms with Gasteiger partial charge in [-0.3, -0.25) is 10.1 Å². The lowest BCUT2D eigenvalue weighted by Gasteiger charge is -2.18. The maximum absolute atomic E-state index is 12.5. The van der Waals surface area contributed by atoms with Crippen LogP contribution >= 0.6 is 11.8 Å². The fraction of sp³-hybridized carbons (Fsp3) is 0.357. The number of rotatable bonds is 7. The highest BCUT2D eigenvalue weighted by Gasteiger charge is 2.26. The fourth-order valence-electron chi connectivity index (χ4n) is 2.15. The molecule has 0 aliphatic carbocycles. The first kappa shape index (κ1) is 18.4. The van der Waals surface area contributed by atoms with Crippen molar-refractivity contribution in [2.75, 3.05) is 13.1 Å². The van der Waals surface area contributed by atoms with E-state index in [1.54, 1.807) is 37.9 Å². The summed E-state index contributed by atoms with van der Waals surface area (Å²) in [4.78, 5) is 15.2. The molecule has 0 saturated heterocycles. The highest BCUT2D eigenvalue weighted by Crippen LogP contribution is 2.35. The second-order valence-electron chi connectivity index (χ2n) is 4.90. The van der Waals surface area contributed by atoms with Gasteiger partial charge in [0.15, 0.2) is 5.16 Å². The summed E-state index contributed by atoms with van der Waals surface area (Å²) >= 11 is 1.12. The molecule has 1 heterocycles. The Balaban J connectivity index is 2.47. The third kappa shape index (κ3) is 3.60. The van der Waals surface area contributed by atoms with Crippen LogP contribution in [0.1, 0.15) is 13.8 Å². The van der Waals surface area contributed by atoms with Crippen LogP contribution < -0.4 is 0 Å². The molecule has 0 fully saturated rings. The number of aryl methyl sites for hydroxylation is 1. The van der Waals surface area contributed by atoms with E-state index in [9.17, 15) is 18.5 Å². The molecule has 2 aromatic rings. The lowest BCUT2D eigenvalue weighted by atomic mass is 10.3. The average Bonchev–Trinajstić information content (AvgIpc) is 2.93. The number of nitro groups is 1. The Hall–Kier alpha value is -1.91. The smallest absolute Gasteiger partial charge is 0.284 e. The molecule has 0 aliphatic heterocycles. The Labute approximate surface area is 144 Å². The summed E-state index contributed by atoms with van der Waals surface area (Å²) in [6.07, 6.45) is 3.32. The van der Waals surface area contributed by atoms with Gasteiger partial charge in [-0.15, -0.1) is 0 Å². The first-order valence-corrected chi connectivity index (χ1v) is 9.50. The Morgan fingerprint density at radius 2 is 2.00 bits per heavy atom. The van der Waals surface area contributed by atoms with Gasteiger partial charge in [0.05, 0.1) is 14.7 Å². The molecule has 0 amide bonds. The van der Waals surface area contributed by atoms with E-state index in [4.69, 9.17) is 0 Å². The van der Waals surface area contributed by atoms with Crippen LogP contribution in [0.3, 0.4) is 0 Å². The van der Waals surface area contributed by atoms with E-state index in [2.05, 4.69) is 4.98 Å². The second-order valence-corrected chi connectivity index (χ2v) is 7.85. The minimum Gasteiger partial charge on any atom is -0.329 e. The van der Waals surface area contributed by atoms with E-state index >= 15 is 0 Å². The molecule has 0 atom stereocenters. The monoisotopic (exact) mass is 370 g/mol. The van der Waals surface area contributed by atoms with E-state index in [1.165, 1.54) is 16.4 Å². The van der Waals surface area contributed by atoms with Crippen molar-refractivity contribution in [3.8, 4) is 0 Å². The zero-order valence-corrected chi connectivity index (χ0v) is 15.2. The molecule has 0 spiro atoms. The molecule has 0 bridgehead atoms. The van der Waals surface area contributed by atoms with Gasteiger partial charge in [0.1, 0.15) is 0 Å². The van der Waals surface area contributed by atoms with Gasteiger partial charge in [-0.25, -0.2) is 13.4 Å². The van der Waals surface area contributed by atoms with Crippen LogP contribution in [0.5, 0.6) is 0 Å². The predicted octanol–water partition coefficient (Wildman–Crippen LogP) is 2.51. The number of hydrogen-bond donors (Lipinski definition) is 0. The third-order valence-corrected chi connectivity index (χ3v) is 6.64. The normalized spacial score (nSPS) is 11.8. The number of hydrogen-bond acceptors (Lipinski definition) is 6. The topological polar surface area (TPSA) is 98.3 Å². The van der Waals surface area contributed by atoms with E-state index in [-0.39, 0.29) is 10.6 Å². The summed E-state index contributed by atoms with van der Waals surface area (Å²) in [6, 6.07) is 3.96. The fourth-order valence-corrected chi connectivity index (χ4v) is 4.52. The van der Waals surface area contributed by atoms with Crippen molar-refractivity contribution in [1.82, 2.24) is 13.9 Å². The van der Waals surface area contributed by atoms with Crippen LogP contribution in [0.15, 0.2) is 45.5 Å². The number of imidazole rings is 1. The first-order valence-electron chi connectivity index (χ1n) is 7.25. The lowest BCUT2D eigenvalue weighted by Crippen LogP contribution is -2.30. The molecule has 0 saturated carbocycles. The molecular weight excluding hydrogens is 352 g/mol. The van der Waals surface area contributed by atoms with Crippen LogP contribution in [0.4, 0.5) is 5.69 Å². The Morgan fingerprint density at radius 1 is 1.33 bits per heavy atom. The summed E-state index contributed by atoms with van der Waals surface area (Å²) in [7, 11) is -1.97. The van der Waals surface area contributed by atoms with Crippen molar-refractivity contribution in [2.45, 2.75) is 28.8 Å². The zero-order valence-electron chi connectivity index (χ0n) is 13.5. The number of nitro benzene ring substituents is 1. The maximum Gasteiger partial charge on any atom is 0.284 e. The minimum atomic E-state index is -3.75. The SMILES string of the molecule is CCN(CC)S(=O)(=O)c1ccc(Sc2nccn2C)c([N+](=O)[O-])c1. The Bertz CT molecular complexity index is 844. The van der Waals surface area contributed by atoms with Crippen LogP contribution in [0.2, 0.25) is 0 Å². The molecule has 10 heteroatoms. The molecule has 8 nitrogen and oxygen atoms in total. The molecule has 24 heavy (non-hydrogen) atoms. The number of sulfonamides is 1. The quantitative estimate of drug-likeness (QED) is 0.548. The van der Waals surface area contributed by atoms with Gasteiger partial charge in [-0.05, 0) is 23.9 Å². The standard InChI is InChI=1S/C14H18N4O4S2/c1-4-17(5-2)24(21,22)11-6-7-13(12(10-11)18(19)20)23-14-15-8-9-16(14)3/h6-10H,4-5H2,1-3H3. The molecule has 0 aliphatic rings. The van der Waals surface area contributed by atoms with Gasteiger partial charge < -0.3 is 4.57 Å². The Morgan fingerprint density at radius 3 is 2.50 bits per heavy atom. The van der Waals surface area contributed by atoms with E-state index in [1.807, 2.05) is 0 Å². The van der Waals surface area contributed by atoms with Crippen LogP contribution in [0, 0.1) is 10.1 Å². The van der Waals surface area contributed by atoms with E-state index < -0.39 is 14.9 Å². The first-order chi connectivity index (χ1) is 11.3. The highest BCUT2D eigenvalue weighted by atomic mass is 32.2. The summed E-state index contributed by atoms with van der Waals surface area (Å²) in [5, 5.41) is 12.0. The van der Waals surface area contributed by atoms with Crippen molar-refractivity contribution in [3.05, 3.63) is 40.7 Å². The van der Waals surface area contributed by atoms with Crippen molar-refractivity contribution >= 4 is 27.5 Å². The number of aromatic nitrogens is 2. The van der Waals surface area contributed by atoms with Gasteiger partial charge >= 0.3 is 0 Å². The summed E-state index contributed by atoms with van der Waals surface area (Å²) in [5.41, 5.74) is -0.253. The number of nitrogens with zero attached hydrogens (tertiary/aromatic N) is 4. The van der Waals surface area contributed by atoms with Gasteiger partial charge in [-0.2, -0.15) is 4.31 Å². The van der Waals surface area contributed by atoms with Crippen molar-refractivity contribution in [2.24, 2.45) is 7.05 Å².